The number of methoxy groups -OCH3 is 1. The van der Waals surface area contributed by atoms with Crippen LogP contribution in [0.2, 0.25) is 0 Å². The monoisotopic (exact) mass is 393 g/mol. The lowest BCUT2D eigenvalue weighted by atomic mass is 10.2. The summed E-state index contributed by atoms with van der Waals surface area (Å²) in [7, 11) is 3.30. The maximum atomic E-state index is 12.5. The Labute approximate surface area is 163 Å². The third-order valence-corrected chi connectivity index (χ3v) is 3.80. The van der Waals surface area contributed by atoms with Gasteiger partial charge >= 0.3 is 6.61 Å². The quantitative estimate of drug-likeness (QED) is 0.504. The van der Waals surface area contributed by atoms with E-state index in [0.717, 1.165) is 16.9 Å². The normalized spacial score (nSPS) is 11.3. The van der Waals surface area contributed by atoms with Gasteiger partial charge in [-0.15, -0.1) is 0 Å². The number of aliphatic imine (C=N–C) groups is 1. The Balaban J connectivity index is 1.95. The molecule has 0 aliphatic carbocycles. The smallest absolute Gasteiger partial charge is 0.387 e. The minimum atomic E-state index is -2.90. The van der Waals surface area contributed by atoms with Crippen LogP contribution in [-0.4, -0.2) is 33.3 Å². The van der Waals surface area contributed by atoms with Crippen LogP contribution in [-0.2, 0) is 13.1 Å². The topological polar surface area (TPSA) is 64.1 Å². The molecule has 0 unspecified atom stereocenters. The van der Waals surface area contributed by atoms with Crippen LogP contribution in [0.15, 0.2) is 47.5 Å². The van der Waals surface area contributed by atoms with Crippen molar-refractivity contribution in [3.05, 3.63) is 53.6 Å². The molecule has 0 spiro atoms. The second-order valence-corrected chi connectivity index (χ2v) is 5.72. The number of nitrogens with one attached hydrogen (secondary N) is 2. The minimum Gasteiger partial charge on any atom is -0.497 e. The molecule has 0 fully saturated rings. The highest BCUT2D eigenvalue weighted by molar-refractivity contribution is 5.79. The van der Waals surface area contributed by atoms with E-state index in [4.69, 9.17) is 9.47 Å². The van der Waals surface area contributed by atoms with E-state index in [1.165, 1.54) is 6.07 Å². The molecule has 8 heteroatoms. The second-order valence-electron chi connectivity index (χ2n) is 5.72. The average molecular weight is 393 g/mol. The number of hydrogen-bond acceptors (Lipinski definition) is 4. The lowest BCUT2D eigenvalue weighted by molar-refractivity contribution is -0.0514. The molecule has 0 bridgehead atoms. The van der Waals surface area contributed by atoms with Crippen molar-refractivity contribution in [3.8, 4) is 17.2 Å². The van der Waals surface area contributed by atoms with Crippen molar-refractivity contribution < 1.29 is 23.0 Å². The molecular weight excluding hydrogens is 368 g/mol. The molecule has 2 N–H and O–H groups in total. The Morgan fingerprint density at radius 3 is 2.36 bits per heavy atom. The molecule has 0 aromatic heterocycles. The highest BCUT2D eigenvalue weighted by Crippen LogP contribution is 2.29. The lowest BCUT2D eigenvalue weighted by Gasteiger charge is -2.15. The summed E-state index contributed by atoms with van der Waals surface area (Å²) < 4.78 is 40.1. The molecule has 6 nitrogen and oxygen atoms in total. The summed E-state index contributed by atoms with van der Waals surface area (Å²) in [5, 5.41) is 6.39. The van der Waals surface area contributed by atoms with Gasteiger partial charge in [-0.1, -0.05) is 18.2 Å². The Morgan fingerprint density at radius 2 is 1.75 bits per heavy atom. The molecule has 28 heavy (non-hydrogen) atoms. The SMILES string of the molecule is CCOc1cc(CNC(=NC)NCc2cccc(OC)c2)ccc1OC(F)F. The fraction of sp³-hybridized carbons (Fsp3) is 0.350. The molecule has 0 saturated heterocycles. The van der Waals surface area contributed by atoms with E-state index < -0.39 is 6.61 Å². The first kappa shape index (κ1) is 21.3. The van der Waals surface area contributed by atoms with E-state index in [1.54, 1.807) is 33.2 Å². The maximum Gasteiger partial charge on any atom is 0.387 e. The molecule has 2 aromatic carbocycles. The predicted octanol–water partition coefficient (Wildman–Crippen LogP) is 3.56. The zero-order chi connectivity index (χ0) is 20.4. The maximum absolute atomic E-state index is 12.5. The van der Waals surface area contributed by atoms with Gasteiger partial charge in [0.25, 0.3) is 0 Å². The molecule has 152 valence electrons. The number of hydrogen-bond donors (Lipinski definition) is 2. The fourth-order valence-corrected chi connectivity index (χ4v) is 2.50. The van der Waals surface area contributed by atoms with Crippen molar-refractivity contribution in [2.24, 2.45) is 4.99 Å². The summed E-state index contributed by atoms with van der Waals surface area (Å²) >= 11 is 0. The Morgan fingerprint density at radius 1 is 1.04 bits per heavy atom. The van der Waals surface area contributed by atoms with Gasteiger partial charge in [-0.2, -0.15) is 8.78 Å². The zero-order valence-corrected chi connectivity index (χ0v) is 16.2. The van der Waals surface area contributed by atoms with Crippen LogP contribution in [0.4, 0.5) is 8.78 Å². The first-order chi connectivity index (χ1) is 13.5. The highest BCUT2D eigenvalue weighted by Gasteiger charge is 2.12. The van der Waals surface area contributed by atoms with Crippen molar-refractivity contribution in [3.63, 3.8) is 0 Å². The van der Waals surface area contributed by atoms with Crippen molar-refractivity contribution in [1.29, 1.82) is 0 Å². The van der Waals surface area contributed by atoms with E-state index in [0.29, 0.717) is 25.7 Å². The molecule has 0 aliphatic heterocycles. The summed E-state index contributed by atoms with van der Waals surface area (Å²) in [5.74, 6) is 1.69. The largest absolute Gasteiger partial charge is 0.497 e. The van der Waals surface area contributed by atoms with Crippen LogP contribution < -0.4 is 24.8 Å². The molecule has 0 amide bonds. The van der Waals surface area contributed by atoms with E-state index in [1.807, 2.05) is 24.3 Å². The molecule has 0 atom stereocenters. The Bertz CT molecular complexity index is 785. The van der Waals surface area contributed by atoms with Crippen LogP contribution in [0.1, 0.15) is 18.1 Å². The van der Waals surface area contributed by atoms with Crippen molar-refractivity contribution in [2.75, 3.05) is 20.8 Å². The van der Waals surface area contributed by atoms with Crippen LogP contribution in [0.25, 0.3) is 0 Å². The van der Waals surface area contributed by atoms with Crippen molar-refractivity contribution >= 4 is 5.96 Å². The number of halogens is 2. The summed E-state index contributed by atoms with van der Waals surface area (Å²) in [5.41, 5.74) is 1.89. The van der Waals surface area contributed by atoms with Gasteiger partial charge in [0.1, 0.15) is 5.75 Å². The van der Waals surface area contributed by atoms with Gasteiger partial charge in [0.05, 0.1) is 13.7 Å². The molecule has 2 aromatic rings. The van der Waals surface area contributed by atoms with Gasteiger partial charge in [-0.25, -0.2) is 0 Å². The standard InChI is InChI=1S/C20H25F2N3O3/c1-4-27-18-11-15(8-9-17(18)28-19(21)22)13-25-20(23-2)24-12-14-6-5-7-16(10-14)26-3/h5-11,19H,4,12-13H2,1-3H3,(H2,23,24,25). The summed E-state index contributed by atoms with van der Waals surface area (Å²) in [6.07, 6.45) is 0. The Kier molecular flexibility index (Phi) is 8.33. The molecule has 0 saturated carbocycles. The van der Waals surface area contributed by atoms with Gasteiger partial charge in [0.2, 0.25) is 0 Å². The highest BCUT2D eigenvalue weighted by atomic mass is 19.3. The third kappa shape index (κ3) is 6.61. The fourth-order valence-electron chi connectivity index (χ4n) is 2.50. The van der Waals surface area contributed by atoms with Crippen LogP contribution >= 0.6 is 0 Å². The third-order valence-electron chi connectivity index (χ3n) is 3.80. The van der Waals surface area contributed by atoms with Crippen LogP contribution in [0.5, 0.6) is 17.2 Å². The minimum absolute atomic E-state index is 0.0149. The van der Waals surface area contributed by atoms with E-state index >= 15 is 0 Å². The Hall–Kier alpha value is -3.03. The lowest BCUT2D eigenvalue weighted by Crippen LogP contribution is -2.36. The van der Waals surface area contributed by atoms with E-state index in [2.05, 4.69) is 20.4 Å². The number of guanidine groups is 1. The van der Waals surface area contributed by atoms with Gasteiger partial charge in [0, 0.05) is 20.1 Å². The number of alkyl halides is 2. The summed E-state index contributed by atoms with van der Waals surface area (Å²) in [6.45, 7) is 0.235. The van der Waals surface area contributed by atoms with Gasteiger partial charge in [0.15, 0.2) is 17.5 Å². The molecule has 0 radical (unpaired) electrons. The molecular formula is C20H25F2N3O3. The van der Waals surface area contributed by atoms with Crippen LogP contribution in [0.3, 0.4) is 0 Å². The van der Waals surface area contributed by atoms with E-state index in [9.17, 15) is 8.78 Å². The second kappa shape index (κ2) is 11.0. The first-order valence-corrected chi connectivity index (χ1v) is 8.83. The van der Waals surface area contributed by atoms with Crippen molar-refractivity contribution in [1.82, 2.24) is 10.6 Å². The average Bonchev–Trinajstić information content (AvgIpc) is 2.70. The number of ether oxygens (including phenoxy) is 3. The van der Waals surface area contributed by atoms with Crippen LogP contribution in [0, 0.1) is 0 Å². The molecule has 0 heterocycles. The summed E-state index contributed by atoms with van der Waals surface area (Å²) in [4.78, 5) is 4.18. The summed E-state index contributed by atoms with van der Waals surface area (Å²) in [6, 6.07) is 12.6. The van der Waals surface area contributed by atoms with E-state index in [-0.39, 0.29) is 11.5 Å². The number of rotatable bonds is 9. The van der Waals surface area contributed by atoms with Gasteiger partial charge in [-0.3, -0.25) is 4.99 Å². The molecule has 0 aliphatic rings. The predicted molar refractivity (Wildman–Crippen MR) is 104 cm³/mol. The number of benzene rings is 2. The zero-order valence-electron chi connectivity index (χ0n) is 16.2. The van der Waals surface area contributed by atoms with Crippen molar-refractivity contribution in [2.45, 2.75) is 26.6 Å². The number of nitrogens with zero attached hydrogens (tertiary/aromatic N) is 1. The first-order valence-electron chi connectivity index (χ1n) is 8.83. The van der Waals surface area contributed by atoms with Gasteiger partial charge < -0.3 is 24.8 Å². The van der Waals surface area contributed by atoms with Gasteiger partial charge in [-0.05, 0) is 42.3 Å². The molecule has 2 rings (SSSR count).